The van der Waals surface area contributed by atoms with Crippen molar-refractivity contribution in [1.29, 1.82) is 0 Å². The van der Waals surface area contributed by atoms with Crippen molar-refractivity contribution in [2.75, 3.05) is 11.9 Å². The number of carbonyl (C=O) groups excluding carboxylic acids is 1. The monoisotopic (exact) mass is 296 g/mol. The summed E-state index contributed by atoms with van der Waals surface area (Å²) >= 11 is 16.3. The van der Waals surface area contributed by atoms with Crippen LogP contribution < -0.4 is 4.90 Å². The molecule has 1 aromatic carbocycles. The van der Waals surface area contributed by atoms with Gasteiger partial charge in [0.15, 0.2) is 0 Å². The van der Waals surface area contributed by atoms with E-state index in [4.69, 9.17) is 34.8 Å². The maximum Gasteiger partial charge on any atom is 0.278 e. The molecule has 92 valence electrons. The minimum Gasteiger partial charge on any atom is -0.312 e. The van der Waals surface area contributed by atoms with Crippen molar-refractivity contribution in [3.05, 3.63) is 34.4 Å². The van der Waals surface area contributed by atoms with Crippen LogP contribution in [0.25, 0.3) is 0 Å². The molecule has 1 aromatic rings. The summed E-state index contributed by atoms with van der Waals surface area (Å²) in [6.45, 7) is 0. The second-order valence-electron chi connectivity index (χ2n) is 3.14. The average molecular weight is 298 g/mol. The summed E-state index contributed by atoms with van der Waals surface area (Å²) in [7, 11) is 1.41. The van der Waals surface area contributed by atoms with E-state index >= 15 is 0 Å². The molecule has 0 heterocycles. The van der Waals surface area contributed by atoms with Crippen LogP contribution in [0.1, 0.15) is 0 Å². The zero-order chi connectivity index (χ0) is 13.2. The Kier molecular flexibility index (Phi) is 4.19. The summed E-state index contributed by atoms with van der Waals surface area (Å²) in [5.74, 6) is -0.739. The Morgan fingerprint density at radius 3 is 2.12 bits per heavy atom. The molecule has 8 heteroatoms. The first-order chi connectivity index (χ1) is 7.73. The number of non-ortho nitro benzene ring substituents is 1. The lowest BCUT2D eigenvalue weighted by Crippen LogP contribution is -2.36. The molecule has 0 saturated carbocycles. The van der Waals surface area contributed by atoms with E-state index in [0.29, 0.717) is 5.69 Å². The van der Waals surface area contributed by atoms with Crippen LogP contribution in [0.3, 0.4) is 0 Å². The highest BCUT2D eigenvalue weighted by atomic mass is 35.6. The van der Waals surface area contributed by atoms with Gasteiger partial charge in [-0.25, -0.2) is 0 Å². The van der Waals surface area contributed by atoms with E-state index in [1.807, 2.05) is 0 Å². The number of hydrogen-bond donors (Lipinski definition) is 0. The van der Waals surface area contributed by atoms with Gasteiger partial charge in [0.1, 0.15) is 0 Å². The number of benzene rings is 1. The van der Waals surface area contributed by atoms with E-state index in [-0.39, 0.29) is 5.69 Å². The van der Waals surface area contributed by atoms with Crippen molar-refractivity contribution in [1.82, 2.24) is 0 Å². The Bertz CT molecular complexity index is 442. The molecule has 0 saturated heterocycles. The number of carbonyl (C=O) groups is 1. The summed E-state index contributed by atoms with van der Waals surface area (Å²) in [6, 6.07) is 5.31. The Morgan fingerprint density at radius 1 is 1.29 bits per heavy atom. The molecule has 0 aliphatic carbocycles. The largest absolute Gasteiger partial charge is 0.312 e. The van der Waals surface area contributed by atoms with Crippen LogP contribution in [0, 0.1) is 10.1 Å². The Labute approximate surface area is 112 Å². The standard InChI is InChI=1S/C9H7Cl3N2O3/c1-13(8(15)9(10,11)12)6-2-4-7(5-3-6)14(16)17/h2-5H,1H3. The number of nitro groups is 1. The first-order valence-electron chi connectivity index (χ1n) is 4.33. The highest BCUT2D eigenvalue weighted by Gasteiger charge is 2.34. The molecular formula is C9H7Cl3N2O3. The molecule has 0 bridgehead atoms. The number of alkyl halides is 3. The lowest BCUT2D eigenvalue weighted by molar-refractivity contribution is -0.384. The summed E-state index contributed by atoms with van der Waals surface area (Å²) < 4.78 is -2.06. The molecule has 5 nitrogen and oxygen atoms in total. The third-order valence-corrected chi connectivity index (χ3v) is 2.48. The molecule has 0 unspecified atom stereocenters. The second kappa shape index (κ2) is 5.08. The smallest absolute Gasteiger partial charge is 0.278 e. The predicted octanol–water partition coefficient (Wildman–Crippen LogP) is 2.93. The van der Waals surface area contributed by atoms with Crippen LogP contribution in [-0.2, 0) is 4.79 Å². The Balaban J connectivity index is 2.94. The van der Waals surface area contributed by atoms with Gasteiger partial charge in [-0.15, -0.1) is 0 Å². The van der Waals surface area contributed by atoms with Crippen LogP contribution in [0.15, 0.2) is 24.3 Å². The second-order valence-corrected chi connectivity index (χ2v) is 5.42. The quantitative estimate of drug-likeness (QED) is 0.479. The van der Waals surface area contributed by atoms with E-state index in [1.165, 1.54) is 31.3 Å². The number of hydrogen-bond acceptors (Lipinski definition) is 3. The van der Waals surface area contributed by atoms with E-state index < -0.39 is 14.6 Å². The van der Waals surface area contributed by atoms with Crippen LogP contribution >= 0.6 is 34.8 Å². The van der Waals surface area contributed by atoms with Crippen LogP contribution in [0.2, 0.25) is 0 Å². The molecule has 0 radical (unpaired) electrons. The summed E-state index contributed by atoms with van der Waals surface area (Å²) in [6.07, 6.45) is 0. The maximum atomic E-state index is 11.6. The zero-order valence-corrected chi connectivity index (χ0v) is 10.8. The first-order valence-corrected chi connectivity index (χ1v) is 5.46. The zero-order valence-electron chi connectivity index (χ0n) is 8.56. The number of halogens is 3. The van der Waals surface area contributed by atoms with Gasteiger partial charge in [0.05, 0.1) is 4.92 Å². The Morgan fingerprint density at radius 2 is 1.76 bits per heavy atom. The van der Waals surface area contributed by atoms with Gasteiger partial charge in [-0.3, -0.25) is 14.9 Å². The van der Waals surface area contributed by atoms with E-state index in [9.17, 15) is 14.9 Å². The minimum absolute atomic E-state index is 0.0801. The lowest BCUT2D eigenvalue weighted by atomic mass is 10.2. The molecule has 1 rings (SSSR count). The van der Waals surface area contributed by atoms with Crippen LogP contribution in [0.4, 0.5) is 11.4 Å². The first kappa shape index (κ1) is 14.0. The summed E-state index contributed by atoms with van der Waals surface area (Å²) in [5.41, 5.74) is 0.315. The normalized spacial score (nSPS) is 11.1. The number of rotatable bonds is 2. The molecular weight excluding hydrogens is 290 g/mol. The van der Waals surface area contributed by atoms with Gasteiger partial charge in [0, 0.05) is 24.9 Å². The van der Waals surface area contributed by atoms with E-state index in [1.54, 1.807) is 0 Å². The lowest BCUT2D eigenvalue weighted by Gasteiger charge is -2.21. The van der Waals surface area contributed by atoms with E-state index in [0.717, 1.165) is 4.90 Å². The Hall–Kier alpha value is -1.04. The minimum atomic E-state index is -2.06. The number of nitrogens with zero attached hydrogens (tertiary/aromatic N) is 2. The third-order valence-electron chi connectivity index (χ3n) is 1.99. The highest BCUT2D eigenvalue weighted by molar-refractivity contribution is 6.76. The number of amides is 1. The van der Waals surface area contributed by atoms with Gasteiger partial charge in [0.2, 0.25) is 0 Å². The molecule has 0 aromatic heterocycles. The SMILES string of the molecule is CN(C(=O)C(Cl)(Cl)Cl)c1ccc([N+](=O)[O-])cc1. The van der Waals surface area contributed by atoms with Gasteiger partial charge in [0.25, 0.3) is 15.4 Å². The van der Waals surface area contributed by atoms with Gasteiger partial charge in [-0.1, -0.05) is 34.8 Å². The molecule has 0 fully saturated rings. The fraction of sp³-hybridized carbons (Fsp3) is 0.222. The fourth-order valence-electron chi connectivity index (χ4n) is 1.11. The van der Waals surface area contributed by atoms with E-state index in [2.05, 4.69) is 0 Å². The van der Waals surface area contributed by atoms with Crippen molar-refractivity contribution in [2.45, 2.75) is 3.79 Å². The van der Waals surface area contributed by atoms with Crippen molar-refractivity contribution in [3.63, 3.8) is 0 Å². The topological polar surface area (TPSA) is 63.5 Å². The van der Waals surface area contributed by atoms with Gasteiger partial charge >= 0.3 is 0 Å². The van der Waals surface area contributed by atoms with Crippen LogP contribution in [0.5, 0.6) is 0 Å². The molecule has 1 amide bonds. The highest BCUT2D eigenvalue weighted by Crippen LogP contribution is 2.30. The van der Waals surface area contributed by atoms with Crippen LogP contribution in [-0.4, -0.2) is 21.7 Å². The van der Waals surface area contributed by atoms with Crippen molar-refractivity contribution >= 4 is 52.1 Å². The van der Waals surface area contributed by atoms with Crippen molar-refractivity contribution in [2.24, 2.45) is 0 Å². The maximum absolute atomic E-state index is 11.6. The average Bonchev–Trinajstić information content (AvgIpc) is 2.26. The summed E-state index contributed by atoms with van der Waals surface area (Å²) in [4.78, 5) is 22.6. The third kappa shape index (κ3) is 3.46. The molecule has 0 aliphatic heterocycles. The fourth-order valence-corrected chi connectivity index (χ4v) is 1.49. The van der Waals surface area contributed by atoms with Crippen molar-refractivity contribution in [3.8, 4) is 0 Å². The molecule has 0 spiro atoms. The van der Waals surface area contributed by atoms with Gasteiger partial charge in [-0.2, -0.15) is 0 Å². The summed E-state index contributed by atoms with van der Waals surface area (Å²) in [5, 5.41) is 10.4. The molecule has 0 atom stereocenters. The van der Waals surface area contributed by atoms with Crippen molar-refractivity contribution < 1.29 is 9.72 Å². The van der Waals surface area contributed by atoms with Gasteiger partial charge in [-0.05, 0) is 12.1 Å². The van der Waals surface area contributed by atoms with Gasteiger partial charge < -0.3 is 4.90 Å². The molecule has 0 aliphatic rings. The molecule has 0 N–H and O–H groups in total. The molecule has 17 heavy (non-hydrogen) atoms. The number of nitro benzene ring substituents is 1. The number of anilines is 1. The predicted molar refractivity (Wildman–Crippen MR) is 66.8 cm³/mol.